The Bertz CT molecular complexity index is 827. The van der Waals surface area contributed by atoms with Crippen LogP contribution >= 0.6 is 11.6 Å². The van der Waals surface area contributed by atoms with Crippen molar-refractivity contribution in [2.24, 2.45) is 0 Å². The molecule has 0 saturated carbocycles. The van der Waals surface area contributed by atoms with Gasteiger partial charge in [-0.3, -0.25) is 9.69 Å². The maximum absolute atomic E-state index is 12.5. The molecule has 1 aliphatic heterocycles. The summed E-state index contributed by atoms with van der Waals surface area (Å²) in [4.78, 5) is 17.1. The topological polar surface area (TPSA) is 63.3 Å². The second-order valence-corrected chi connectivity index (χ2v) is 7.45. The zero-order chi connectivity index (χ0) is 21.5. The first kappa shape index (κ1) is 22.1. The van der Waals surface area contributed by atoms with Gasteiger partial charge in [0.25, 0.3) is 0 Å². The summed E-state index contributed by atoms with van der Waals surface area (Å²) in [5.74, 6) is 1.46. The number of piperazine rings is 1. The lowest BCUT2D eigenvalue weighted by Crippen LogP contribution is -2.47. The van der Waals surface area contributed by atoms with Crippen molar-refractivity contribution in [3.63, 3.8) is 0 Å². The molecule has 2 aromatic rings. The van der Waals surface area contributed by atoms with Crippen molar-refractivity contribution in [3.8, 4) is 17.2 Å². The summed E-state index contributed by atoms with van der Waals surface area (Å²) in [6.45, 7) is 4.40. The van der Waals surface area contributed by atoms with E-state index in [-0.39, 0.29) is 5.91 Å². The van der Waals surface area contributed by atoms with Crippen molar-refractivity contribution in [1.82, 2.24) is 4.90 Å². The number of methoxy groups -OCH3 is 3. The minimum atomic E-state index is -0.0515. The Morgan fingerprint density at radius 1 is 0.967 bits per heavy atom. The molecule has 0 aliphatic carbocycles. The molecule has 8 heteroatoms. The van der Waals surface area contributed by atoms with Gasteiger partial charge in [0.1, 0.15) is 0 Å². The van der Waals surface area contributed by atoms with E-state index in [1.807, 2.05) is 24.3 Å². The van der Waals surface area contributed by atoms with Gasteiger partial charge in [-0.1, -0.05) is 11.6 Å². The SMILES string of the molecule is COc1cc(NC(=O)CCN2CCN(c3ccc(Cl)cc3)CC2)cc(OC)c1OC. The first-order chi connectivity index (χ1) is 14.5. The molecule has 1 saturated heterocycles. The monoisotopic (exact) mass is 433 g/mol. The Kier molecular flexibility index (Phi) is 7.65. The molecule has 1 amide bonds. The standard InChI is InChI=1S/C22H28ClN3O4/c1-28-19-14-17(15-20(29-2)22(19)30-3)24-21(27)8-9-25-10-12-26(13-11-25)18-6-4-16(23)5-7-18/h4-7,14-15H,8-13H2,1-3H3,(H,24,27). The Morgan fingerprint density at radius 3 is 2.10 bits per heavy atom. The van der Waals surface area contributed by atoms with Gasteiger partial charge in [0, 0.05) is 67.7 Å². The smallest absolute Gasteiger partial charge is 0.225 e. The third kappa shape index (κ3) is 5.49. The molecule has 2 aromatic carbocycles. The van der Waals surface area contributed by atoms with E-state index in [2.05, 4.69) is 15.1 Å². The first-order valence-electron chi connectivity index (χ1n) is 9.86. The fourth-order valence-electron chi connectivity index (χ4n) is 3.52. The molecule has 3 rings (SSSR count). The number of ether oxygens (including phenoxy) is 3. The number of benzene rings is 2. The number of nitrogens with zero attached hydrogens (tertiary/aromatic N) is 2. The van der Waals surface area contributed by atoms with Gasteiger partial charge in [-0.2, -0.15) is 0 Å². The summed E-state index contributed by atoms with van der Waals surface area (Å²) in [6, 6.07) is 11.4. The predicted molar refractivity (Wildman–Crippen MR) is 119 cm³/mol. The number of nitrogens with one attached hydrogen (secondary N) is 1. The van der Waals surface area contributed by atoms with Crippen LogP contribution in [-0.2, 0) is 4.79 Å². The molecule has 0 radical (unpaired) electrons. The molecule has 7 nitrogen and oxygen atoms in total. The van der Waals surface area contributed by atoms with E-state index in [1.165, 1.54) is 5.69 Å². The summed E-state index contributed by atoms with van der Waals surface area (Å²) >= 11 is 5.97. The van der Waals surface area contributed by atoms with Crippen LogP contribution in [0.2, 0.25) is 5.02 Å². The van der Waals surface area contributed by atoms with Gasteiger partial charge in [-0.05, 0) is 24.3 Å². The summed E-state index contributed by atoms with van der Waals surface area (Å²) in [5, 5.41) is 3.66. The van der Waals surface area contributed by atoms with Gasteiger partial charge in [-0.25, -0.2) is 0 Å². The number of anilines is 2. The van der Waals surface area contributed by atoms with E-state index in [0.717, 1.165) is 31.2 Å². The minimum Gasteiger partial charge on any atom is -0.493 e. The fourth-order valence-corrected chi connectivity index (χ4v) is 3.64. The lowest BCUT2D eigenvalue weighted by Gasteiger charge is -2.36. The molecule has 0 bridgehead atoms. The van der Waals surface area contributed by atoms with Gasteiger partial charge in [0.15, 0.2) is 11.5 Å². The third-order valence-corrected chi connectivity index (χ3v) is 5.42. The number of hydrogen-bond acceptors (Lipinski definition) is 6. The largest absolute Gasteiger partial charge is 0.493 e. The predicted octanol–water partition coefficient (Wildman–Crippen LogP) is 3.52. The number of halogens is 1. The van der Waals surface area contributed by atoms with Crippen molar-refractivity contribution in [2.45, 2.75) is 6.42 Å². The van der Waals surface area contributed by atoms with Crippen molar-refractivity contribution in [2.75, 3.05) is 64.3 Å². The average Bonchev–Trinajstić information content (AvgIpc) is 2.78. The van der Waals surface area contributed by atoms with E-state index in [9.17, 15) is 4.79 Å². The summed E-state index contributed by atoms with van der Waals surface area (Å²) in [6.07, 6.45) is 0.414. The van der Waals surface area contributed by atoms with Gasteiger partial charge >= 0.3 is 0 Å². The van der Waals surface area contributed by atoms with Gasteiger partial charge < -0.3 is 24.4 Å². The van der Waals surface area contributed by atoms with Gasteiger partial charge in [0.2, 0.25) is 11.7 Å². The zero-order valence-electron chi connectivity index (χ0n) is 17.6. The fraction of sp³-hybridized carbons (Fsp3) is 0.409. The van der Waals surface area contributed by atoms with Crippen LogP contribution < -0.4 is 24.4 Å². The highest BCUT2D eigenvalue weighted by molar-refractivity contribution is 6.30. The molecular formula is C22H28ClN3O4. The third-order valence-electron chi connectivity index (χ3n) is 5.17. The molecule has 1 fully saturated rings. The molecule has 1 aliphatic rings. The van der Waals surface area contributed by atoms with E-state index in [4.69, 9.17) is 25.8 Å². The Balaban J connectivity index is 1.49. The van der Waals surface area contributed by atoms with Gasteiger partial charge in [-0.15, -0.1) is 0 Å². The molecule has 0 unspecified atom stereocenters. The van der Waals surface area contributed by atoms with Crippen LogP contribution in [0.4, 0.5) is 11.4 Å². The molecule has 1 N–H and O–H groups in total. The van der Waals surface area contributed by atoms with Gasteiger partial charge in [0.05, 0.1) is 21.3 Å². The van der Waals surface area contributed by atoms with Crippen LogP contribution in [0, 0.1) is 0 Å². The van der Waals surface area contributed by atoms with E-state index < -0.39 is 0 Å². The summed E-state index contributed by atoms with van der Waals surface area (Å²) in [7, 11) is 4.64. The number of rotatable bonds is 8. The lowest BCUT2D eigenvalue weighted by molar-refractivity contribution is -0.116. The molecular weight excluding hydrogens is 406 g/mol. The molecule has 30 heavy (non-hydrogen) atoms. The molecule has 0 aromatic heterocycles. The highest BCUT2D eigenvalue weighted by Crippen LogP contribution is 2.39. The normalized spacial score (nSPS) is 14.3. The molecule has 162 valence electrons. The van der Waals surface area contributed by atoms with Crippen molar-refractivity contribution in [3.05, 3.63) is 41.4 Å². The van der Waals surface area contributed by atoms with Crippen molar-refractivity contribution >= 4 is 28.9 Å². The molecule has 1 heterocycles. The van der Waals surface area contributed by atoms with Crippen LogP contribution in [0.15, 0.2) is 36.4 Å². The minimum absolute atomic E-state index is 0.0515. The second kappa shape index (κ2) is 10.4. The van der Waals surface area contributed by atoms with Crippen LogP contribution in [0.1, 0.15) is 6.42 Å². The number of amides is 1. The Hall–Kier alpha value is -2.64. The van der Waals surface area contributed by atoms with Crippen LogP contribution in [-0.4, -0.2) is 64.9 Å². The average molecular weight is 434 g/mol. The first-order valence-corrected chi connectivity index (χ1v) is 10.2. The molecule has 0 atom stereocenters. The van der Waals surface area contributed by atoms with Crippen LogP contribution in [0.5, 0.6) is 17.2 Å². The number of carbonyl (C=O) groups is 1. The maximum atomic E-state index is 12.5. The highest BCUT2D eigenvalue weighted by atomic mass is 35.5. The van der Waals surface area contributed by atoms with Crippen molar-refractivity contribution in [1.29, 1.82) is 0 Å². The zero-order valence-corrected chi connectivity index (χ0v) is 18.4. The maximum Gasteiger partial charge on any atom is 0.225 e. The number of hydrogen-bond donors (Lipinski definition) is 1. The van der Waals surface area contributed by atoms with E-state index >= 15 is 0 Å². The quantitative estimate of drug-likeness (QED) is 0.687. The van der Waals surface area contributed by atoms with Crippen molar-refractivity contribution < 1.29 is 19.0 Å². The lowest BCUT2D eigenvalue weighted by atomic mass is 10.2. The molecule has 0 spiro atoms. The highest BCUT2D eigenvalue weighted by Gasteiger charge is 2.19. The Labute approximate surface area is 182 Å². The summed E-state index contributed by atoms with van der Waals surface area (Å²) in [5.41, 5.74) is 1.79. The van der Waals surface area contributed by atoms with Crippen LogP contribution in [0.25, 0.3) is 0 Å². The second-order valence-electron chi connectivity index (χ2n) is 7.02. The van der Waals surface area contributed by atoms with E-state index in [0.29, 0.717) is 35.9 Å². The number of carbonyl (C=O) groups excluding carboxylic acids is 1. The summed E-state index contributed by atoms with van der Waals surface area (Å²) < 4.78 is 16.0. The Morgan fingerprint density at radius 2 is 1.57 bits per heavy atom. The van der Waals surface area contributed by atoms with E-state index in [1.54, 1.807) is 33.5 Å². The van der Waals surface area contributed by atoms with Crippen LogP contribution in [0.3, 0.4) is 0 Å².